The van der Waals surface area contributed by atoms with Gasteiger partial charge in [0.2, 0.25) is 0 Å². The minimum absolute atomic E-state index is 0.127. The van der Waals surface area contributed by atoms with E-state index in [2.05, 4.69) is 67.9 Å². The van der Waals surface area contributed by atoms with E-state index in [1.54, 1.807) is 0 Å². The summed E-state index contributed by atoms with van der Waals surface area (Å²) in [6, 6.07) is 6.63. The topological polar surface area (TPSA) is 44.9 Å². The lowest BCUT2D eigenvalue weighted by Gasteiger charge is -2.38. The second-order valence-corrected chi connectivity index (χ2v) is 6.22. The van der Waals surface area contributed by atoms with Gasteiger partial charge in [-0.15, -0.1) is 0 Å². The van der Waals surface area contributed by atoms with Gasteiger partial charge in [0, 0.05) is 13.1 Å². The van der Waals surface area contributed by atoms with Crippen LogP contribution in [0.4, 0.5) is 0 Å². The third kappa shape index (κ3) is 2.66. The van der Waals surface area contributed by atoms with E-state index < -0.39 is 0 Å². The van der Waals surface area contributed by atoms with Crippen LogP contribution in [0.2, 0.25) is 0 Å². The summed E-state index contributed by atoms with van der Waals surface area (Å²) >= 11 is 0. The molecule has 0 amide bonds. The predicted octanol–water partition coefficient (Wildman–Crippen LogP) is 1.71. The minimum Gasteiger partial charge on any atom is -0.370 e. The number of hydrogen-bond donors (Lipinski definition) is 1. The standard InChI is InChI=1S/C16H26N4/c1-12-6-7-14(13(2)10-12)16(3)11-18-15(17)20(16)9-8-19(4)5/h6-7,10H,8-9,11H2,1-5H3,(H2,17,18). The molecule has 0 saturated heterocycles. The van der Waals surface area contributed by atoms with E-state index in [1.165, 1.54) is 16.7 Å². The van der Waals surface area contributed by atoms with Crippen molar-refractivity contribution >= 4 is 5.96 Å². The molecule has 1 aliphatic rings. The fraction of sp³-hybridized carbons (Fsp3) is 0.562. The van der Waals surface area contributed by atoms with Crippen molar-refractivity contribution in [1.82, 2.24) is 9.80 Å². The first kappa shape index (κ1) is 14.9. The Hall–Kier alpha value is -1.55. The van der Waals surface area contributed by atoms with E-state index in [9.17, 15) is 0 Å². The van der Waals surface area contributed by atoms with E-state index >= 15 is 0 Å². The zero-order chi connectivity index (χ0) is 14.9. The van der Waals surface area contributed by atoms with Gasteiger partial charge in [0.1, 0.15) is 0 Å². The summed E-state index contributed by atoms with van der Waals surface area (Å²) in [5.74, 6) is 0.661. The van der Waals surface area contributed by atoms with Crippen LogP contribution in [0.5, 0.6) is 0 Å². The van der Waals surface area contributed by atoms with E-state index in [4.69, 9.17) is 5.73 Å². The summed E-state index contributed by atoms with van der Waals surface area (Å²) in [4.78, 5) is 8.91. The van der Waals surface area contributed by atoms with Crippen molar-refractivity contribution in [3.63, 3.8) is 0 Å². The fourth-order valence-corrected chi connectivity index (χ4v) is 2.97. The summed E-state index contributed by atoms with van der Waals surface area (Å²) in [5, 5.41) is 0. The molecule has 4 heteroatoms. The maximum absolute atomic E-state index is 6.12. The average molecular weight is 274 g/mol. The minimum atomic E-state index is -0.127. The van der Waals surface area contributed by atoms with Gasteiger partial charge in [-0.3, -0.25) is 4.99 Å². The molecule has 1 aromatic carbocycles. The van der Waals surface area contributed by atoms with Crippen LogP contribution in [-0.4, -0.2) is 49.5 Å². The summed E-state index contributed by atoms with van der Waals surface area (Å²) in [5.41, 5.74) is 9.92. The highest BCUT2D eigenvalue weighted by atomic mass is 15.4. The highest BCUT2D eigenvalue weighted by Gasteiger charge is 2.40. The van der Waals surface area contributed by atoms with Crippen LogP contribution in [-0.2, 0) is 5.54 Å². The Bertz CT molecular complexity index is 521. The van der Waals surface area contributed by atoms with Gasteiger partial charge in [0.15, 0.2) is 5.96 Å². The Kier molecular flexibility index (Phi) is 4.04. The Morgan fingerprint density at radius 3 is 2.65 bits per heavy atom. The van der Waals surface area contributed by atoms with Crippen molar-refractivity contribution in [2.45, 2.75) is 26.3 Å². The van der Waals surface area contributed by atoms with Crippen molar-refractivity contribution in [3.05, 3.63) is 34.9 Å². The summed E-state index contributed by atoms with van der Waals surface area (Å²) in [6.45, 7) is 9.14. The van der Waals surface area contributed by atoms with E-state index in [-0.39, 0.29) is 5.54 Å². The molecule has 1 heterocycles. The Morgan fingerprint density at radius 2 is 2.05 bits per heavy atom. The van der Waals surface area contributed by atoms with Crippen molar-refractivity contribution in [2.24, 2.45) is 10.7 Å². The SMILES string of the molecule is Cc1ccc(C2(C)CN=C(N)N2CCN(C)C)c(C)c1. The number of nitrogens with two attached hydrogens (primary N) is 1. The lowest BCUT2D eigenvalue weighted by atomic mass is 9.87. The molecular formula is C16H26N4. The molecule has 0 aromatic heterocycles. The molecule has 4 nitrogen and oxygen atoms in total. The largest absolute Gasteiger partial charge is 0.370 e. The van der Waals surface area contributed by atoms with Gasteiger partial charge in [0.25, 0.3) is 0 Å². The number of nitrogens with zero attached hydrogens (tertiary/aromatic N) is 3. The molecule has 110 valence electrons. The van der Waals surface area contributed by atoms with Gasteiger partial charge in [0.05, 0.1) is 12.1 Å². The van der Waals surface area contributed by atoms with Gasteiger partial charge < -0.3 is 15.5 Å². The van der Waals surface area contributed by atoms with Gasteiger partial charge in [-0.05, 0) is 46.0 Å². The van der Waals surface area contributed by atoms with E-state index in [0.29, 0.717) is 5.96 Å². The first-order chi connectivity index (χ1) is 9.34. The molecular weight excluding hydrogens is 248 g/mol. The monoisotopic (exact) mass is 274 g/mol. The third-order valence-corrected chi connectivity index (χ3v) is 4.15. The average Bonchev–Trinajstić information content (AvgIpc) is 2.63. The number of benzene rings is 1. The molecule has 0 spiro atoms. The molecule has 0 saturated carbocycles. The molecule has 20 heavy (non-hydrogen) atoms. The molecule has 1 aliphatic heterocycles. The summed E-state index contributed by atoms with van der Waals surface area (Å²) < 4.78 is 0. The lowest BCUT2D eigenvalue weighted by Crippen LogP contribution is -2.50. The lowest BCUT2D eigenvalue weighted by molar-refractivity contribution is 0.204. The van der Waals surface area contributed by atoms with Gasteiger partial charge in [-0.25, -0.2) is 0 Å². The van der Waals surface area contributed by atoms with Crippen molar-refractivity contribution < 1.29 is 0 Å². The van der Waals surface area contributed by atoms with Crippen LogP contribution in [0.15, 0.2) is 23.2 Å². The number of hydrogen-bond acceptors (Lipinski definition) is 4. The molecule has 0 radical (unpaired) electrons. The third-order valence-electron chi connectivity index (χ3n) is 4.15. The highest BCUT2D eigenvalue weighted by Crippen LogP contribution is 2.34. The smallest absolute Gasteiger partial charge is 0.192 e. The second-order valence-electron chi connectivity index (χ2n) is 6.22. The Labute approximate surface area is 122 Å². The van der Waals surface area contributed by atoms with E-state index in [0.717, 1.165) is 19.6 Å². The number of aryl methyl sites for hydroxylation is 2. The van der Waals surface area contributed by atoms with Crippen LogP contribution in [0, 0.1) is 13.8 Å². The molecule has 0 aliphatic carbocycles. The van der Waals surface area contributed by atoms with Gasteiger partial charge in [-0.1, -0.05) is 23.8 Å². The predicted molar refractivity (Wildman–Crippen MR) is 85.0 cm³/mol. The maximum Gasteiger partial charge on any atom is 0.192 e. The fourth-order valence-electron chi connectivity index (χ4n) is 2.97. The number of rotatable bonds is 4. The first-order valence-corrected chi connectivity index (χ1v) is 7.14. The maximum atomic E-state index is 6.12. The zero-order valence-corrected chi connectivity index (χ0v) is 13.3. The summed E-state index contributed by atoms with van der Waals surface area (Å²) in [6.07, 6.45) is 0. The highest BCUT2D eigenvalue weighted by molar-refractivity contribution is 5.81. The molecule has 0 fully saturated rings. The Balaban J connectivity index is 2.32. The quantitative estimate of drug-likeness (QED) is 0.909. The van der Waals surface area contributed by atoms with Crippen LogP contribution in [0.3, 0.4) is 0 Å². The Morgan fingerprint density at radius 1 is 1.35 bits per heavy atom. The van der Waals surface area contributed by atoms with Crippen LogP contribution in [0.25, 0.3) is 0 Å². The van der Waals surface area contributed by atoms with Crippen molar-refractivity contribution in [3.8, 4) is 0 Å². The zero-order valence-electron chi connectivity index (χ0n) is 13.3. The first-order valence-electron chi connectivity index (χ1n) is 7.14. The van der Waals surface area contributed by atoms with E-state index in [1.807, 2.05) is 0 Å². The molecule has 1 aromatic rings. The van der Waals surface area contributed by atoms with Gasteiger partial charge in [-0.2, -0.15) is 0 Å². The number of guanidine groups is 1. The molecule has 1 unspecified atom stereocenters. The second kappa shape index (κ2) is 5.44. The number of aliphatic imine (C=N–C) groups is 1. The van der Waals surface area contributed by atoms with Crippen molar-refractivity contribution in [1.29, 1.82) is 0 Å². The van der Waals surface area contributed by atoms with Crippen LogP contribution >= 0.6 is 0 Å². The molecule has 1 atom stereocenters. The number of likely N-dealkylation sites (N-methyl/N-ethyl adjacent to an activating group) is 1. The van der Waals surface area contributed by atoms with Gasteiger partial charge >= 0.3 is 0 Å². The summed E-state index contributed by atoms with van der Waals surface area (Å²) in [7, 11) is 4.16. The van der Waals surface area contributed by atoms with Crippen LogP contribution in [0.1, 0.15) is 23.6 Å². The molecule has 2 rings (SSSR count). The normalized spacial score (nSPS) is 22.5. The molecule has 0 bridgehead atoms. The molecule has 2 N–H and O–H groups in total. The van der Waals surface area contributed by atoms with Crippen LogP contribution < -0.4 is 5.73 Å². The van der Waals surface area contributed by atoms with Crippen molar-refractivity contribution in [2.75, 3.05) is 33.7 Å².